The lowest BCUT2D eigenvalue weighted by molar-refractivity contribution is -0.122. The Bertz CT molecular complexity index is 1360. The number of likely N-dealkylation sites (N-methyl/N-ethyl adjacent to an activating group) is 1. The van der Waals surface area contributed by atoms with Crippen molar-refractivity contribution >= 4 is 33.4 Å². The number of anilines is 1. The molecule has 2 heterocycles. The molecule has 2 amide bonds. The highest BCUT2D eigenvalue weighted by Gasteiger charge is 2.27. The summed E-state index contributed by atoms with van der Waals surface area (Å²) in [4.78, 5) is 23.2. The van der Waals surface area contributed by atoms with E-state index in [0.29, 0.717) is 42.3 Å². The number of carbonyl (C=O) groups is 1. The predicted molar refractivity (Wildman–Crippen MR) is 134 cm³/mol. The number of pyridine rings is 1. The van der Waals surface area contributed by atoms with Crippen molar-refractivity contribution in [1.82, 2.24) is 19.6 Å². The highest BCUT2D eigenvalue weighted by atomic mass is 32.2. The number of hydrogen-bond donors (Lipinski definition) is 2. The highest BCUT2D eigenvalue weighted by Crippen LogP contribution is 2.24. The molecule has 1 aromatic carbocycles. The zero-order valence-electron chi connectivity index (χ0n) is 20.2. The summed E-state index contributed by atoms with van der Waals surface area (Å²) in [7, 11) is -1.21. The molecule has 2 N–H and O–H groups in total. The summed E-state index contributed by atoms with van der Waals surface area (Å²) in [5.41, 5.74) is 3.11. The van der Waals surface area contributed by atoms with Crippen molar-refractivity contribution in [3.05, 3.63) is 54.4 Å². The van der Waals surface area contributed by atoms with Crippen LogP contribution in [0.3, 0.4) is 0 Å². The van der Waals surface area contributed by atoms with Crippen LogP contribution in [0, 0.1) is 0 Å². The fourth-order valence-corrected chi connectivity index (χ4v) is 3.83. The Hall–Kier alpha value is -3.65. The molecular formula is C23H27F3N6O4S. The maximum atomic E-state index is 12.3. The van der Waals surface area contributed by atoms with E-state index in [1.54, 1.807) is 61.2 Å². The van der Waals surface area contributed by atoms with Crippen molar-refractivity contribution in [2.75, 3.05) is 50.6 Å². The Kier molecular flexibility index (Phi) is 9.10. The van der Waals surface area contributed by atoms with Crippen molar-refractivity contribution in [2.45, 2.75) is 6.18 Å². The van der Waals surface area contributed by atoms with Crippen LogP contribution >= 0.6 is 0 Å². The van der Waals surface area contributed by atoms with Crippen LogP contribution in [0.15, 0.2) is 53.9 Å². The molecule has 0 saturated carbocycles. The first-order valence-electron chi connectivity index (χ1n) is 11.1. The van der Waals surface area contributed by atoms with E-state index in [4.69, 9.17) is 4.84 Å². The third kappa shape index (κ3) is 9.38. The third-order valence-corrected chi connectivity index (χ3v) is 6.01. The van der Waals surface area contributed by atoms with Crippen LogP contribution in [0.25, 0.3) is 16.9 Å². The molecule has 0 radical (unpaired) electrons. The van der Waals surface area contributed by atoms with E-state index >= 15 is 0 Å². The van der Waals surface area contributed by atoms with Gasteiger partial charge in [0.1, 0.15) is 28.6 Å². The zero-order chi connectivity index (χ0) is 27.1. The van der Waals surface area contributed by atoms with Crippen molar-refractivity contribution in [3.63, 3.8) is 0 Å². The molecule has 14 heteroatoms. The average Bonchev–Trinajstić information content (AvgIpc) is 3.24. The Morgan fingerprint density at radius 2 is 2.03 bits per heavy atom. The SMILES string of the molecule is CN(CCON=Cc1ccn2c(-c3cccc(NC(=O)NCC(F)(F)F)c3)cnc2c1)CCS(C)(=O)=O. The quantitative estimate of drug-likeness (QED) is 0.219. The summed E-state index contributed by atoms with van der Waals surface area (Å²) >= 11 is 0. The summed E-state index contributed by atoms with van der Waals surface area (Å²) in [6.07, 6.45) is 1.66. The lowest BCUT2D eigenvalue weighted by Gasteiger charge is -2.14. The van der Waals surface area contributed by atoms with Crippen LogP contribution in [-0.4, -0.2) is 86.4 Å². The molecule has 10 nitrogen and oxygen atoms in total. The molecule has 0 aliphatic rings. The maximum Gasteiger partial charge on any atom is 0.405 e. The van der Waals surface area contributed by atoms with E-state index in [9.17, 15) is 26.4 Å². The minimum Gasteiger partial charge on any atom is -0.394 e. The Balaban J connectivity index is 1.58. The van der Waals surface area contributed by atoms with Gasteiger partial charge in [0.2, 0.25) is 0 Å². The lowest BCUT2D eigenvalue weighted by atomic mass is 10.1. The van der Waals surface area contributed by atoms with Crippen molar-refractivity contribution in [1.29, 1.82) is 0 Å². The number of fused-ring (bicyclic) bond motifs is 1. The van der Waals surface area contributed by atoms with Gasteiger partial charge in [-0.25, -0.2) is 18.2 Å². The summed E-state index contributed by atoms with van der Waals surface area (Å²) in [5.74, 6) is 0.0805. The number of nitrogens with zero attached hydrogens (tertiary/aromatic N) is 4. The Labute approximate surface area is 212 Å². The number of alkyl halides is 3. The molecular weight excluding hydrogens is 513 g/mol. The number of nitrogens with one attached hydrogen (secondary N) is 2. The van der Waals surface area contributed by atoms with Crippen LogP contribution < -0.4 is 10.6 Å². The van der Waals surface area contributed by atoms with Gasteiger partial charge in [-0.2, -0.15) is 13.2 Å². The van der Waals surface area contributed by atoms with Gasteiger partial charge >= 0.3 is 12.2 Å². The van der Waals surface area contributed by atoms with Crippen LogP contribution in [-0.2, 0) is 14.7 Å². The van der Waals surface area contributed by atoms with Crippen molar-refractivity contribution in [2.24, 2.45) is 5.16 Å². The lowest BCUT2D eigenvalue weighted by Crippen LogP contribution is -2.36. The fraction of sp³-hybridized carbons (Fsp3) is 0.348. The van der Waals surface area contributed by atoms with E-state index in [1.165, 1.54) is 12.5 Å². The van der Waals surface area contributed by atoms with Gasteiger partial charge in [-0.3, -0.25) is 4.40 Å². The molecule has 2 aromatic heterocycles. The minimum absolute atomic E-state index is 0.0805. The van der Waals surface area contributed by atoms with Gasteiger partial charge < -0.3 is 20.4 Å². The zero-order valence-corrected chi connectivity index (χ0v) is 21.0. The molecule has 3 aromatic rings. The third-order valence-electron chi connectivity index (χ3n) is 5.09. The number of imidazole rings is 1. The van der Waals surface area contributed by atoms with Crippen LogP contribution in [0.2, 0.25) is 0 Å². The minimum atomic E-state index is -4.50. The number of halogens is 3. The second-order valence-corrected chi connectivity index (χ2v) is 10.6. The first kappa shape index (κ1) is 27.9. The number of urea groups is 1. The van der Waals surface area contributed by atoms with E-state index < -0.39 is 28.6 Å². The van der Waals surface area contributed by atoms with E-state index in [0.717, 1.165) is 5.56 Å². The molecule has 0 unspecified atom stereocenters. The fourth-order valence-electron chi connectivity index (χ4n) is 3.18. The summed E-state index contributed by atoms with van der Waals surface area (Å²) in [6.45, 7) is -0.196. The van der Waals surface area contributed by atoms with E-state index in [2.05, 4.69) is 15.5 Å². The van der Waals surface area contributed by atoms with Crippen LogP contribution in [0.1, 0.15) is 5.56 Å². The topological polar surface area (TPSA) is 117 Å². The molecule has 37 heavy (non-hydrogen) atoms. The van der Waals surface area contributed by atoms with E-state index in [1.807, 2.05) is 9.30 Å². The predicted octanol–water partition coefficient (Wildman–Crippen LogP) is 3.01. The molecule has 0 atom stereocenters. The molecule has 0 aliphatic heterocycles. The number of amides is 2. The second kappa shape index (κ2) is 12.1. The van der Waals surface area contributed by atoms with Gasteiger partial charge in [-0.1, -0.05) is 17.3 Å². The number of rotatable bonds is 11. The van der Waals surface area contributed by atoms with Gasteiger partial charge in [-0.15, -0.1) is 0 Å². The van der Waals surface area contributed by atoms with Gasteiger partial charge in [-0.05, 0) is 31.3 Å². The first-order valence-corrected chi connectivity index (χ1v) is 13.2. The normalized spacial score (nSPS) is 12.4. The standard InChI is InChI=1S/C23H27F3N6O4S/c1-31(9-11-37(2,34)35)8-10-36-29-14-17-6-7-32-20(15-27-21(32)12-17)18-4-3-5-19(13-18)30-22(33)28-16-23(24,25)26/h3-7,12-15H,8-11,16H2,1-2H3,(H2,28,30,33). The maximum absolute atomic E-state index is 12.3. The molecule has 0 aliphatic carbocycles. The number of hydrogen-bond acceptors (Lipinski definition) is 7. The highest BCUT2D eigenvalue weighted by molar-refractivity contribution is 7.90. The summed E-state index contributed by atoms with van der Waals surface area (Å²) in [6, 6.07) is 9.30. The smallest absolute Gasteiger partial charge is 0.394 e. The molecule has 3 rings (SSSR count). The first-order chi connectivity index (χ1) is 17.4. The Morgan fingerprint density at radius 3 is 2.76 bits per heavy atom. The van der Waals surface area contributed by atoms with Gasteiger partial charge in [0, 0.05) is 42.4 Å². The number of carbonyl (C=O) groups excluding carboxylic acids is 1. The van der Waals surface area contributed by atoms with Crippen LogP contribution in [0.5, 0.6) is 0 Å². The molecule has 200 valence electrons. The van der Waals surface area contributed by atoms with Gasteiger partial charge in [0.15, 0.2) is 0 Å². The van der Waals surface area contributed by atoms with Gasteiger partial charge in [0.25, 0.3) is 0 Å². The molecule has 0 spiro atoms. The van der Waals surface area contributed by atoms with Crippen molar-refractivity contribution in [3.8, 4) is 11.3 Å². The molecule has 0 bridgehead atoms. The summed E-state index contributed by atoms with van der Waals surface area (Å²) < 4.78 is 61.1. The summed E-state index contributed by atoms with van der Waals surface area (Å²) in [5, 5.41) is 8.09. The second-order valence-electron chi connectivity index (χ2n) is 8.34. The average molecular weight is 541 g/mol. The Morgan fingerprint density at radius 1 is 1.24 bits per heavy atom. The molecule has 0 saturated heterocycles. The van der Waals surface area contributed by atoms with Crippen LogP contribution in [0.4, 0.5) is 23.7 Å². The number of aromatic nitrogens is 2. The molecule has 0 fully saturated rings. The number of oxime groups is 1. The van der Waals surface area contributed by atoms with Crippen molar-refractivity contribution < 1.29 is 31.2 Å². The number of benzene rings is 1. The monoisotopic (exact) mass is 540 g/mol. The number of sulfone groups is 1. The largest absolute Gasteiger partial charge is 0.405 e. The van der Waals surface area contributed by atoms with E-state index in [-0.39, 0.29) is 5.75 Å². The van der Waals surface area contributed by atoms with Gasteiger partial charge in [0.05, 0.1) is 23.9 Å².